The molecule has 0 bridgehead atoms. The third kappa shape index (κ3) is 4.46. The van der Waals surface area contributed by atoms with Crippen LogP contribution in [0.5, 0.6) is 5.75 Å². The molecular weight excluding hydrogens is 485 g/mol. The largest absolute Gasteiger partial charge is 0.493 e. The van der Waals surface area contributed by atoms with E-state index in [0.717, 1.165) is 50.7 Å². The number of benzene rings is 4. The van der Waals surface area contributed by atoms with Crippen LogP contribution in [0.1, 0.15) is 39.5 Å². The molecule has 0 aliphatic heterocycles. The predicted molar refractivity (Wildman–Crippen MR) is 149 cm³/mol. The molecule has 1 aromatic heterocycles. The highest BCUT2D eigenvalue weighted by molar-refractivity contribution is 9.10. The van der Waals surface area contributed by atoms with Crippen LogP contribution in [0.15, 0.2) is 69.6 Å². The minimum absolute atomic E-state index is 0.612. The fourth-order valence-corrected chi connectivity index (χ4v) is 5.00. The van der Waals surface area contributed by atoms with Gasteiger partial charge in [0.2, 0.25) is 5.89 Å². The van der Waals surface area contributed by atoms with Gasteiger partial charge in [-0.1, -0.05) is 78.8 Å². The van der Waals surface area contributed by atoms with Gasteiger partial charge in [0.1, 0.15) is 19.1 Å². The maximum Gasteiger partial charge on any atom is 0.227 e. The molecule has 0 aliphatic rings. The van der Waals surface area contributed by atoms with Gasteiger partial charge in [0, 0.05) is 20.8 Å². The SMILES string of the molecule is Bc1ccc2c3ccc(Br)cc3c3nc(-c4ccc(OCC(CC)CCCC)cc4)oc3c2c1. The molecule has 0 amide bonds. The molecule has 1 atom stereocenters. The molecule has 172 valence electrons. The molecular formula is C29H29BBrNO2. The van der Waals surface area contributed by atoms with Crippen molar-refractivity contribution in [2.45, 2.75) is 39.5 Å². The summed E-state index contributed by atoms with van der Waals surface area (Å²) in [7, 11) is 2.11. The van der Waals surface area contributed by atoms with E-state index in [2.05, 4.69) is 74.0 Å². The van der Waals surface area contributed by atoms with Crippen molar-refractivity contribution in [1.29, 1.82) is 0 Å². The monoisotopic (exact) mass is 513 g/mol. The maximum absolute atomic E-state index is 6.40. The minimum atomic E-state index is 0.612. The van der Waals surface area contributed by atoms with Crippen molar-refractivity contribution >= 4 is 61.9 Å². The molecule has 0 spiro atoms. The van der Waals surface area contributed by atoms with E-state index < -0.39 is 0 Å². The van der Waals surface area contributed by atoms with Gasteiger partial charge in [0.15, 0.2) is 5.58 Å². The van der Waals surface area contributed by atoms with Crippen molar-refractivity contribution in [3.63, 3.8) is 0 Å². The molecule has 0 aliphatic carbocycles. The van der Waals surface area contributed by atoms with Gasteiger partial charge in [0.25, 0.3) is 0 Å². The second kappa shape index (κ2) is 9.83. The van der Waals surface area contributed by atoms with Crippen molar-refractivity contribution in [2.24, 2.45) is 5.92 Å². The number of rotatable bonds is 8. The average Bonchev–Trinajstić information content (AvgIpc) is 3.31. The second-order valence-electron chi connectivity index (χ2n) is 9.19. The molecule has 0 radical (unpaired) electrons. The Labute approximate surface area is 210 Å². The summed E-state index contributed by atoms with van der Waals surface area (Å²) in [5.74, 6) is 2.14. The lowest BCUT2D eigenvalue weighted by Crippen LogP contribution is -2.11. The van der Waals surface area contributed by atoms with Gasteiger partial charge in [0.05, 0.1) is 6.61 Å². The highest BCUT2D eigenvalue weighted by atomic mass is 79.9. The molecule has 5 aromatic rings. The summed E-state index contributed by atoms with van der Waals surface area (Å²) < 4.78 is 13.5. The minimum Gasteiger partial charge on any atom is -0.493 e. The van der Waals surface area contributed by atoms with Crippen molar-refractivity contribution in [1.82, 2.24) is 4.98 Å². The second-order valence-corrected chi connectivity index (χ2v) is 10.1. The summed E-state index contributed by atoms with van der Waals surface area (Å²) in [6.07, 6.45) is 4.87. The van der Waals surface area contributed by atoms with E-state index in [1.165, 1.54) is 35.5 Å². The summed E-state index contributed by atoms with van der Waals surface area (Å²) >= 11 is 3.62. The molecule has 5 heteroatoms. The fourth-order valence-electron chi connectivity index (χ4n) is 4.64. The van der Waals surface area contributed by atoms with Crippen molar-refractivity contribution in [3.8, 4) is 17.2 Å². The summed E-state index contributed by atoms with van der Waals surface area (Å²) in [5.41, 5.74) is 3.88. The smallest absolute Gasteiger partial charge is 0.227 e. The van der Waals surface area contributed by atoms with E-state index in [1.54, 1.807) is 0 Å². The number of ether oxygens (including phenoxy) is 1. The third-order valence-electron chi connectivity index (χ3n) is 6.70. The highest BCUT2D eigenvalue weighted by Gasteiger charge is 2.17. The predicted octanol–water partition coefficient (Wildman–Crippen LogP) is 7.42. The Balaban J connectivity index is 1.51. The Morgan fingerprint density at radius 3 is 2.47 bits per heavy atom. The quantitative estimate of drug-likeness (QED) is 0.160. The normalized spacial score (nSPS) is 12.6. The van der Waals surface area contributed by atoms with Crippen LogP contribution < -0.4 is 10.2 Å². The molecule has 1 heterocycles. The number of nitrogens with zero attached hydrogens (tertiary/aromatic N) is 1. The molecule has 1 unspecified atom stereocenters. The number of hydrogen-bond donors (Lipinski definition) is 0. The molecule has 3 nitrogen and oxygen atoms in total. The Hall–Kier alpha value is -2.79. The van der Waals surface area contributed by atoms with Crippen molar-refractivity contribution < 1.29 is 9.15 Å². The lowest BCUT2D eigenvalue weighted by molar-refractivity contribution is 0.233. The van der Waals surface area contributed by atoms with Crippen LogP contribution in [-0.4, -0.2) is 19.4 Å². The summed E-state index contributed by atoms with van der Waals surface area (Å²) in [5, 5.41) is 4.55. The molecule has 0 saturated heterocycles. The van der Waals surface area contributed by atoms with Crippen molar-refractivity contribution in [3.05, 3.63) is 65.1 Å². The Kier molecular flexibility index (Phi) is 6.65. The van der Waals surface area contributed by atoms with E-state index in [4.69, 9.17) is 14.1 Å². The van der Waals surface area contributed by atoms with Gasteiger partial charge in [-0.2, -0.15) is 0 Å². The van der Waals surface area contributed by atoms with Crippen LogP contribution in [0.4, 0.5) is 0 Å². The zero-order valence-corrected chi connectivity index (χ0v) is 21.6. The van der Waals surface area contributed by atoms with Gasteiger partial charge in [-0.25, -0.2) is 4.98 Å². The molecule has 0 saturated carbocycles. The van der Waals surface area contributed by atoms with E-state index in [9.17, 15) is 0 Å². The highest BCUT2D eigenvalue weighted by Crippen LogP contribution is 2.38. The first-order chi connectivity index (χ1) is 16.6. The van der Waals surface area contributed by atoms with Gasteiger partial charge in [-0.3, -0.25) is 0 Å². The summed E-state index contributed by atoms with van der Waals surface area (Å²) in [4.78, 5) is 4.95. The summed E-state index contributed by atoms with van der Waals surface area (Å²) in [6, 6.07) is 21.0. The first-order valence-corrected chi connectivity index (χ1v) is 13.0. The van der Waals surface area contributed by atoms with Gasteiger partial charge < -0.3 is 9.15 Å². The lowest BCUT2D eigenvalue weighted by atomic mass is 9.91. The Bertz CT molecular complexity index is 1380. The van der Waals surface area contributed by atoms with Crippen LogP contribution in [0.25, 0.3) is 44.1 Å². The van der Waals surface area contributed by atoms with E-state index in [1.807, 2.05) is 24.3 Å². The zero-order valence-electron chi connectivity index (χ0n) is 20.0. The molecule has 34 heavy (non-hydrogen) atoms. The van der Waals surface area contributed by atoms with Crippen LogP contribution >= 0.6 is 15.9 Å². The third-order valence-corrected chi connectivity index (χ3v) is 7.20. The molecule has 5 rings (SSSR count). The van der Waals surface area contributed by atoms with Gasteiger partial charge in [-0.15, -0.1) is 0 Å². The first-order valence-electron chi connectivity index (χ1n) is 12.2. The average molecular weight is 514 g/mol. The molecule has 4 aromatic carbocycles. The van der Waals surface area contributed by atoms with Crippen LogP contribution in [0.3, 0.4) is 0 Å². The maximum atomic E-state index is 6.40. The van der Waals surface area contributed by atoms with Crippen molar-refractivity contribution in [2.75, 3.05) is 6.61 Å². The number of fused-ring (bicyclic) bond motifs is 6. The van der Waals surface area contributed by atoms with E-state index in [0.29, 0.717) is 11.8 Å². The zero-order chi connectivity index (χ0) is 23.7. The molecule has 0 fully saturated rings. The fraction of sp³-hybridized carbons (Fsp3) is 0.276. The standard InChI is InChI=1S/C29H29BBrNO2/c1-3-5-6-18(4-2)17-33-22-11-7-19(8-12-22)29-32-27-25-16-21(31)10-14-23(25)24-13-9-20(30)15-26(24)28(27)34-29/h7-16,18H,3-6,17,30H2,1-2H3. The molecule has 0 N–H and O–H groups in total. The number of hydrogen-bond acceptors (Lipinski definition) is 3. The van der Waals surface area contributed by atoms with Gasteiger partial charge in [-0.05, 0) is 59.5 Å². The van der Waals surface area contributed by atoms with Crippen LogP contribution in [-0.2, 0) is 0 Å². The lowest BCUT2D eigenvalue weighted by Gasteiger charge is -2.15. The number of unbranched alkanes of at least 4 members (excludes halogenated alkanes) is 1. The Morgan fingerprint density at radius 1 is 0.941 bits per heavy atom. The number of oxazole rings is 1. The number of aromatic nitrogens is 1. The topological polar surface area (TPSA) is 35.3 Å². The van der Waals surface area contributed by atoms with Crippen LogP contribution in [0, 0.1) is 5.92 Å². The van der Waals surface area contributed by atoms with E-state index in [-0.39, 0.29) is 0 Å². The Morgan fingerprint density at radius 2 is 1.71 bits per heavy atom. The first kappa shape index (κ1) is 23.0. The van der Waals surface area contributed by atoms with E-state index >= 15 is 0 Å². The van der Waals surface area contributed by atoms with Crippen LogP contribution in [0.2, 0.25) is 0 Å². The van der Waals surface area contributed by atoms with Gasteiger partial charge >= 0.3 is 0 Å². The summed E-state index contributed by atoms with van der Waals surface area (Å²) in [6.45, 7) is 5.25. The number of halogens is 1.